The lowest BCUT2D eigenvalue weighted by Gasteiger charge is -2.36. The monoisotopic (exact) mass is 277 g/mol. The molecule has 0 atom stereocenters. The number of amides is 1. The minimum atomic E-state index is -0.482. The highest BCUT2D eigenvalue weighted by Gasteiger charge is 2.22. The van der Waals surface area contributed by atoms with Gasteiger partial charge in [-0.3, -0.25) is 9.69 Å². The van der Waals surface area contributed by atoms with Gasteiger partial charge in [-0.05, 0) is 12.0 Å². The van der Waals surface area contributed by atoms with E-state index in [1.165, 1.54) is 0 Å². The number of nitrogens with zero attached hydrogens (tertiary/aromatic N) is 3. The molecule has 6 nitrogen and oxygen atoms in total. The summed E-state index contributed by atoms with van der Waals surface area (Å²) in [6, 6.07) is 1.60. The smallest absolute Gasteiger partial charge is 0.252 e. The Morgan fingerprint density at radius 2 is 2.00 bits per heavy atom. The molecule has 1 aromatic rings. The molecule has 0 aromatic carbocycles. The Morgan fingerprint density at radius 1 is 1.35 bits per heavy atom. The first-order chi connectivity index (χ1) is 9.47. The standard InChI is InChI=1S/C14H23N5O/c1-10(2)9-18-3-5-19(6-4-18)14-12(13(16)20)7-11(15)8-17-14/h7-8,10H,3-6,9,15H2,1-2H3,(H2,16,20). The van der Waals surface area contributed by atoms with E-state index in [9.17, 15) is 4.79 Å². The van der Waals surface area contributed by atoms with Crippen LogP contribution in [0.3, 0.4) is 0 Å². The van der Waals surface area contributed by atoms with Crippen molar-refractivity contribution in [3.05, 3.63) is 17.8 Å². The van der Waals surface area contributed by atoms with E-state index < -0.39 is 5.91 Å². The van der Waals surface area contributed by atoms with Gasteiger partial charge in [-0.25, -0.2) is 4.98 Å². The average Bonchev–Trinajstić information content (AvgIpc) is 2.39. The summed E-state index contributed by atoms with van der Waals surface area (Å²) in [4.78, 5) is 20.3. The van der Waals surface area contributed by atoms with E-state index in [-0.39, 0.29) is 0 Å². The number of primary amides is 1. The predicted molar refractivity (Wildman–Crippen MR) is 80.7 cm³/mol. The third kappa shape index (κ3) is 3.39. The Morgan fingerprint density at radius 3 is 2.55 bits per heavy atom. The van der Waals surface area contributed by atoms with Gasteiger partial charge in [-0.1, -0.05) is 13.8 Å². The second kappa shape index (κ2) is 6.09. The van der Waals surface area contributed by atoms with Gasteiger partial charge >= 0.3 is 0 Å². The highest BCUT2D eigenvalue weighted by atomic mass is 16.1. The summed E-state index contributed by atoms with van der Waals surface area (Å²) in [7, 11) is 0. The van der Waals surface area contributed by atoms with Crippen molar-refractivity contribution in [2.45, 2.75) is 13.8 Å². The summed E-state index contributed by atoms with van der Waals surface area (Å²) in [6.07, 6.45) is 1.57. The molecular formula is C14H23N5O. The Balaban J connectivity index is 2.09. The maximum Gasteiger partial charge on any atom is 0.252 e. The fourth-order valence-corrected chi connectivity index (χ4v) is 2.57. The van der Waals surface area contributed by atoms with Crippen molar-refractivity contribution in [3.8, 4) is 0 Å². The lowest BCUT2D eigenvalue weighted by Crippen LogP contribution is -2.48. The van der Waals surface area contributed by atoms with E-state index in [2.05, 4.69) is 28.6 Å². The van der Waals surface area contributed by atoms with Crippen molar-refractivity contribution in [1.29, 1.82) is 0 Å². The van der Waals surface area contributed by atoms with Gasteiger partial charge in [0.1, 0.15) is 5.82 Å². The quantitative estimate of drug-likeness (QED) is 0.838. The Bertz CT molecular complexity index is 480. The summed E-state index contributed by atoms with van der Waals surface area (Å²) < 4.78 is 0. The van der Waals surface area contributed by atoms with E-state index in [4.69, 9.17) is 11.5 Å². The Labute approximate surface area is 119 Å². The molecule has 0 spiro atoms. The third-order valence-corrected chi connectivity index (χ3v) is 3.45. The van der Waals surface area contributed by atoms with Gasteiger partial charge in [0.15, 0.2) is 0 Å². The van der Waals surface area contributed by atoms with Crippen LogP contribution in [-0.2, 0) is 0 Å². The van der Waals surface area contributed by atoms with Crippen molar-refractivity contribution < 1.29 is 4.79 Å². The van der Waals surface area contributed by atoms with E-state index >= 15 is 0 Å². The molecule has 1 amide bonds. The first-order valence-corrected chi connectivity index (χ1v) is 7.00. The number of nitrogens with two attached hydrogens (primary N) is 2. The van der Waals surface area contributed by atoms with E-state index in [1.807, 2.05) is 0 Å². The Kier molecular flexibility index (Phi) is 4.44. The molecule has 1 saturated heterocycles. The predicted octanol–water partition coefficient (Wildman–Crippen LogP) is 0.541. The molecule has 2 heterocycles. The maximum absolute atomic E-state index is 11.5. The van der Waals surface area contributed by atoms with Crippen LogP contribution in [0.25, 0.3) is 0 Å². The molecular weight excluding hydrogens is 254 g/mol. The topological polar surface area (TPSA) is 88.5 Å². The van der Waals surface area contributed by atoms with Crippen molar-refractivity contribution in [2.75, 3.05) is 43.4 Å². The Hall–Kier alpha value is -1.82. The van der Waals surface area contributed by atoms with Crippen LogP contribution in [0, 0.1) is 5.92 Å². The van der Waals surface area contributed by atoms with Crippen molar-refractivity contribution in [3.63, 3.8) is 0 Å². The van der Waals surface area contributed by atoms with Gasteiger partial charge in [-0.2, -0.15) is 0 Å². The van der Waals surface area contributed by atoms with Crippen molar-refractivity contribution >= 4 is 17.4 Å². The summed E-state index contributed by atoms with van der Waals surface area (Å²) in [5.74, 6) is 0.831. The molecule has 2 rings (SSSR count). The van der Waals surface area contributed by atoms with Gasteiger partial charge < -0.3 is 16.4 Å². The zero-order valence-corrected chi connectivity index (χ0v) is 12.2. The maximum atomic E-state index is 11.5. The number of hydrogen-bond donors (Lipinski definition) is 2. The van der Waals surface area contributed by atoms with Crippen LogP contribution in [0.4, 0.5) is 11.5 Å². The molecule has 1 aromatic heterocycles. The van der Waals surface area contributed by atoms with Gasteiger partial charge in [-0.15, -0.1) is 0 Å². The number of nitrogen functional groups attached to an aromatic ring is 1. The van der Waals surface area contributed by atoms with E-state index in [1.54, 1.807) is 12.3 Å². The number of carbonyl (C=O) groups excluding carboxylic acids is 1. The fraction of sp³-hybridized carbons (Fsp3) is 0.571. The number of hydrogen-bond acceptors (Lipinski definition) is 5. The lowest BCUT2D eigenvalue weighted by molar-refractivity contribution is 0.1000. The number of aromatic nitrogens is 1. The average molecular weight is 277 g/mol. The minimum absolute atomic E-state index is 0.405. The van der Waals surface area contributed by atoms with E-state index in [0.29, 0.717) is 23.0 Å². The summed E-state index contributed by atoms with van der Waals surface area (Å²) >= 11 is 0. The van der Waals surface area contributed by atoms with Crippen LogP contribution >= 0.6 is 0 Å². The number of piperazine rings is 1. The molecule has 4 N–H and O–H groups in total. The summed E-state index contributed by atoms with van der Waals surface area (Å²) in [5, 5.41) is 0. The molecule has 110 valence electrons. The molecule has 0 radical (unpaired) electrons. The lowest BCUT2D eigenvalue weighted by atomic mass is 10.1. The molecule has 0 unspecified atom stereocenters. The molecule has 6 heteroatoms. The first-order valence-electron chi connectivity index (χ1n) is 7.00. The molecule has 1 aliphatic rings. The molecule has 1 aliphatic heterocycles. The highest BCUT2D eigenvalue weighted by molar-refractivity contribution is 5.98. The molecule has 0 aliphatic carbocycles. The van der Waals surface area contributed by atoms with Crippen LogP contribution in [0.5, 0.6) is 0 Å². The van der Waals surface area contributed by atoms with Gasteiger partial charge in [0.2, 0.25) is 0 Å². The zero-order valence-electron chi connectivity index (χ0n) is 12.2. The summed E-state index contributed by atoms with van der Waals surface area (Å²) in [6.45, 7) is 9.20. The van der Waals surface area contributed by atoms with Crippen LogP contribution in [-0.4, -0.2) is 48.5 Å². The van der Waals surface area contributed by atoms with Crippen LogP contribution in [0.1, 0.15) is 24.2 Å². The van der Waals surface area contributed by atoms with Gasteiger partial charge in [0.05, 0.1) is 17.4 Å². The molecule has 20 heavy (non-hydrogen) atoms. The second-order valence-electron chi connectivity index (χ2n) is 5.69. The molecule has 1 fully saturated rings. The van der Waals surface area contributed by atoms with Crippen LogP contribution in [0.2, 0.25) is 0 Å². The SMILES string of the molecule is CC(C)CN1CCN(c2ncc(N)cc2C(N)=O)CC1. The van der Waals surface area contributed by atoms with E-state index in [0.717, 1.165) is 32.7 Å². The van der Waals surface area contributed by atoms with Crippen molar-refractivity contribution in [2.24, 2.45) is 11.7 Å². The fourth-order valence-electron chi connectivity index (χ4n) is 2.57. The first kappa shape index (κ1) is 14.6. The summed E-state index contributed by atoms with van der Waals surface area (Å²) in [5.41, 5.74) is 12.0. The van der Waals surface area contributed by atoms with Crippen LogP contribution in [0.15, 0.2) is 12.3 Å². The zero-order chi connectivity index (χ0) is 14.7. The minimum Gasteiger partial charge on any atom is -0.397 e. The number of rotatable bonds is 4. The van der Waals surface area contributed by atoms with Crippen molar-refractivity contribution in [1.82, 2.24) is 9.88 Å². The third-order valence-electron chi connectivity index (χ3n) is 3.45. The number of anilines is 2. The normalized spacial score (nSPS) is 16.6. The van der Waals surface area contributed by atoms with Gasteiger partial charge in [0.25, 0.3) is 5.91 Å². The highest BCUT2D eigenvalue weighted by Crippen LogP contribution is 2.21. The second-order valence-corrected chi connectivity index (χ2v) is 5.69. The van der Waals surface area contributed by atoms with Gasteiger partial charge in [0, 0.05) is 32.7 Å². The van der Waals surface area contributed by atoms with Crippen LogP contribution < -0.4 is 16.4 Å². The largest absolute Gasteiger partial charge is 0.397 e. The number of carbonyl (C=O) groups is 1. The molecule has 0 bridgehead atoms. The molecule has 0 saturated carbocycles. The number of pyridine rings is 1.